The van der Waals surface area contributed by atoms with Crippen LogP contribution in [0.3, 0.4) is 0 Å². The van der Waals surface area contributed by atoms with Crippen LogP contribution >= 0.6 is 11.5 Å². The number of rotatable bonds is 2. The Morgan fingerprint density at radius 1 is 1.78 bits per heavy atom. The summed E-state index contributed by atoms with van der Waals surface area (Å²) >= 11 is 1.14. The molecule has 1 amide bonds. The number of aryl methyl sites for hydroxylation is 1. The van der Waals surface area contributed by atoms with Crippen molar-refractivity contribution < 1.29 is 4.79 Å². The first-order chi connectivity index (χ1) is 4.33. The fourth-order valence-electron chi connectivity index (χ4n) is 0.392. The van der Waals surface area contributed by atoms with Gasteiger partial charge in [0.15, 0.2) is 0 Å². The van der Waals surface area contributed by atoms with Gasteiger partial charge < -0.3 is 0 Å². The molecule has 0 aromatic carbocycles. The van der Waals surface area contributed by atoms with E-state index < -0.39 is 0 Å². The lowest BCUT2D eigenvalue weighted by Crippen LogP contribution is -1.91. The quantitative estimate of drug-likeness (QED) is 0.605. The van der Waals surface area contributed by atoms with Gasteiger partial charge in [-0.3, -0.25) is 10.1 Å². The van der Waals surface area contributed by atoms with Crippen molar-refractivity contribution in [3.63, 3.8) is 0 Å². The van der Waals surface area contributed by atoms with E-state index in [2.05, 4.69) is 14.7 Å². The minimum absolute atomic E-state index is 0.488. The van der Waals surface area contributed by atoms with E-state index in [0.717, 1.165) is 11.5 Å². The molecule has 0 aliphatic rings. The molecular weight excluding hydrogens is 138 g/mol. The van der Waals surface area contributed by atoms with Crippen LogP contribution < -0.4 is 5.32 Å². The van der Waals surface area contributed by atoms with Crippen molar-refractivity contribution in [2.24, 2.45) is 0 Å². The lowest BCUT2D eigenvalue weighted by Gasteiger charge is -1.80. The SMILES string of the molecule is Cc1nsc(N[C]=O)n1. The number of carbonyl (C=O) groups excluding carboxylic acids is 1. The summed E-state index contributed by atoms with van der Waals surface area (Å²) in [6.45, 7) is 1.76. The molecule has 0 spiro atoms. The summed E-state index contributed by atoms with van der Waals surface area (Å²) in [4.78, 5) is 13.5. The molecule has 0 fully saturated rings. The normalized spacial score (nSPS) is 9.00. The summed E-state index contributed by atoms with van der Waals surface area (Å²) in [7, 11) is 0. The van der Waals surface area contributed by atoms with Gasteiger partial charge in [0.05, 0.1) is 0 Å². The van der Waals surface area contributed by atoms with Crippen molar-refractivity contribution >= 4 is 23.1 Å². The summed E-state index contributed by atoms with van der Waals surface area (Å²) in [5.74, 6) is 0.665. The van der Waals surface area contributed by atoms with Crippen molar-refractivity contribution in [3.05, 3.63) is 5.82 Å². The minimum atomic E-state index is 0.488. The van der Waals surface area contributed by atoms with Crippen LogP contribution in [0.15, 0.2) is 0 Å². The van der Waals surface area contributed by atoms with Crippen LogP contribution in [0.25, 0.3) is 0 Å². The van der Waals surface area contributed by atoms with Crippen molar-refractivity contribution in [2.45, 2.75) is 6.92 Å². The van der Waals surface area contributed by atoms with Gasteiger partial charge in [-0.05, 0) is 6.92 Å². The van der Waals surface area contributed by atoms with Crippen LogP contribution in [0.4, 0.5) is 5.13 Å². The number of nitrogens with one attached hydrogen (secondary N) is 1. The average Bonchev–Trinajstić information content (AvgIpc) is 2.17. The van der Waals surface area contributed by atoms with Crippen LogP contribution in [0.1, 0.15) is 5.82 Å². The molecule has 0 bridgehead atoms. The summed E-state index contributed by atoms with van der Waals surface area (Å²) in [5.41, 5.74) is 0. The maximum Gasteiger partial charge on any atom is 0.315 e. The standard InChI is InChI=1S/C4H4N3OS/c1-3-6-4(5-2-8)9-7-3/h1H3,(H,5,6,7,8). The summed E-state index contributed by atoms with van der Waals surface area (Å²) in [6, 6.07) is 0. The second-order valence-electron chi connectivity index (χ2n) is 1.37. The first-order valence-electron chi connectivity index (χ1n) is 2.26. The lowest BCUT2D eigenvalue weighted by atomic mass is 10.7. The van der Waals surface area contributed by atoms with Crippen molar-refractivity contribution in [3.8, 4) is 0 Å². The van der Waals surface area contributed by atoms with Gasteiger partial charge in [-0.15, -0.1) is 0 Å². The van der Waals surface area contributed by atoms with E-state index in [1.165, 1.54) is 6.41 Å². The molecule has 4 nitrogen and oxygen atoms in total. The van der Waals surface area contributed by atoms with Gasteiger partial charge in [0.1, 0.15) is 5.82 Å². The Labute approximate surface area is 56.1 Å². The van der Waals surface area contributed by atoms with E-state index in [4.69, 9.17) is 0 Å². The molecule has 0 saturated carbocycles. The average molecular weight is 142 g/mol. The molecule has 1 N–H and O–H groups in total. The zero-order valence-electron chi connectivity index (χ0n) is 4.71. The molecule has 5 heteroatoms. The van der Waals surface area contributed by atoms with Gasteiger partial charge in [0.2, 0.25) is 5.13 Å². The number of anilines is 1. The fourth-order valence-corrected chi connectivity index (χ4v) is 0.911. The highest BCUT2D eigenvalue weighted by atomic mass is 32.1. The largest absolute Gasteiger partial charge is 0.315 e. The smallest absolute Gasteiger partial charge is 0.292 e. The van der Waals surface area contributed by atoms with Crippen LogP contribution in [-0.2, 0) is 4.79 Å². The van der Waals surface area contributed by atoms with Crippen LogP contribution in [0.2, 0.25) is 0 Å². The van der Waals surface area contributed by atoms with E-state index in [-0.39, 0.29) is 0 Å². The van der Waals surface area contributed by atoms with Gasteiger partial charge in [-0.2, -0.15) is 4.37 Å². The monoisotopic (exact) mass is 142 g/mol. The summed E-state index contributed by atoms with van der Waals surface area (Å²) in [6.07, 6.45) is 1.51. The molecule has 0 saturated heterocycles. The molecule has 1 rings (SSSR count). The van der Waals surface area contributed by atoms with E-state index in [1.807, 2.05) is 0 Å². The molecule has 0 unspecified atom stereocenters. The second-order valence-corrected chi connectivity index (χ2v) is 2.13. The van der Waals surface area contributed by atoms with Crippen LogP contribution in [-0.4, -0.2) is 15.8 Å². The Bertz CT molecular complexity index is 209. The third-order valence-electron chi connectivity index (χ3n) is 0.686. The van der Waals surface area contributed by atoms with E-state index in [9.17, 15) is 4.79 Å². The topological polar surface area (TPSA) is 54.9 Å². The first-order valence-corrected chi connectivity index (χ1v) is 3.04. The molecule has 0 atom stereocenters. The number of hydrogen-bond donors (Lipinski definition) is 1. The highest BCUT2D eigenvalue weighted by Gasteiger charge is 1.95. The minimum Gasteiger partial charge on any atom is -0.292 e. The molecular formula is C4H4N3OS. The van der Waals surface area contributed by atoms with Gasteiger partial charge >= 0.3 is 6.41 Å². The predicted octanol–water partition coefficient (Wildman–Crippen LogP) is 0.326. The molecule has 1 aromatic heterocycles. The van der Waals surface area contributed by atoms with Gasteiger partial charge in [-0.1, -0.05) is 0 Å². The molecule has 0 aliphatic carbocycles. The number of nitrogens with zero attached hydrogens (tertiary/aromatic N) is 2. The Morgan fingerprint density at radius 3 is 3.00 bits per heavy atom. The Hall–Kier alpha value is -0.970. The molecule has 1 heterocycles. The molecule has 1 radical (unpaired) electrons. The number of aromatic nitrogens is 2. The van der Waals surface area contributed by atoms with E-state index in [0.29, 0.717) is 11.0 Å². The highest BCUT2D eigenvalue weighted by molar-refractivity contribution is 7.09. The zero-order valence-corrected chi connectivity index (χ0v) is 5.53. The fraction of sp³-hybridized carbons (Fsp3) is 0.250. The van der Waals surface area contributed by atoms with Crippen molar-refractivity contribution in [1.82, 2.24) is 9.36 Å². The second kappa shape index (κ2) is 2.54. The Morgan fingerprint density at radius 2 is 2.56 bits per heavy atom. The number of amides is 1. The van der Waals surface area contributed by atoms with Gasteiger partial charge in [-0.25, -0.2) is 4.98 Å². The van der Waals surface area contributed by atoms with Gasteiger partial charge in [0.25, 0.3) is 0 Å². The van der Waals surface area contributed by atoms with Gasteiger partial charge in [0, 0.05) is 11.5 Å². The first kappa shape index (κ1) is 6.15. The zero-order chi connectivity index (χ0) is 6.69. The maximum absolute atomic E-state index is 9.69. The van der Waals surface area contributed by atoms with Crippen molar-refractivity contribution in [2.75, 3.05) is 5.32 Å². The predicted molar refractivity (Wildman–Crippen MR) is 34.0 cm³/mol. The molecule has 0 aliphatic heterocycles. The number of hydrogen-bond acceptors (Lipinski definition) is 4. The van der Waals surface area contributed by atoms with E-state index in [1.54, 1.807) is 6.92 Å². The molecule has 9 heavy (non-hydrogen) atoms. The highest BCUT2D eigenvalue weighted by Crippen LogP contribution is 2.07. The third-order valence-corrected chi connectivity index (χ3v) is 1.41. The maximum atomic E-state index is 9.69. The van der Waals surface area contributed by atoms with Crippen LogP contribution in [0, 0.1) is 6.92 Å². The Kier molecular flexibility index (Phi) is 1.74. The van der Waals surface area contributed by atoms with Crippen LogP contribution in [0.5, 0.6) is 0 Å². The molecule has 1 aromatic rings. The summed E-state index contributed by atoms with van der Waals surface area (Å²) in [5, 5.41) is 2.76. The molecule has 47 valence electrons. The Balaban J connectivity index is 2.72. The summed E-state index contributed by atoms with van der Waals surface area (Å²) < 4.78 is 3.82. The van der Waals surface area contributed by atoms with E-state index >= 15 is 0 Å². The lowest BCUT2D eigenvalue weighted by molar-refractivity contribution is 0.561. The van der Waals surface area contributed by atoms with Crippen molar-refractivity contribution in [1.29, 1.82) is 0 Å². The third kappa shape index (κ3) is 1.46.